The van der Waals surface area contributed by atoms with Crippen molar-refractivity contribution in [1.29, 1.82) is 0 Å². The van der Waals surface area contributed by atoms with Crippen LogP contribution in [0.4, 0.5) is 0 Å². The van der Waals surface area contributed by atoms with Crippen LogP contribution in [0.1, 0.15) is 42.4 Å². The van der Waals surface area contributed by atoms with E-state index in [4.69, 9.17) is 0 Å². The van der Waals surface area contributed by atoms with E-state index < -0.39 is 0 Å². The van der Waals surface area contributed by atoms with E-state index in [9.17, 15) is 5.11 Å². The third-order valence-electron chi connectivity index (χ3n) is 4.02. The molecule has 0 bridgehead atoms. The van der Waals surface area contributed by atoms with E-state index in [-0.39, 0.29) is 12.1 Å². The largest absolute Gasteiger partial charge is 0.394 e. The minimum absolute atomic E-state index is 0.0177. The fourth-order valence-electron chi connectivity index (χ4n) is 2.72. The number of benzene rings is 1. The molecule has 1 aliphatic carbocycles. The first-order valence-corrected chi connectivity index (χ1v) is 6.57. The van der Waals surface area contributed by atoms with Gasteiger partial charge in [-0.25, -0.2) is 0 Å². The summed E-state index contributed by atoms with van der Waals surface area (Å²) in [6.07, 6.45) is 4.68. The van der Waals surface area contributed by atoms with E-state index >= 15 is 0 Å². The summed E-state index contributed by atoms with van der Waals surface area (Å²) in [4.78, 5) is 0. The molecule has 2 rings (SSSR count). The molecule has 0 aliphatic heterocycles. The Morgan fingerprint density at radius 3 is 2.59 bits per heavy atom. The quantitative estimate of drug-likeness (QED) is 0.838. The predicted molar refractivity (Wildman–Crippen MR) is 71.0 cm³/mol. The summed E-state index contributed by atoms with van der Waals surface area (Å²) in [6.45, 7) is 5.41. The summed E-state index contributed by atoms with van der Waals surface area (Å²) in [6, 6.07) is 6.56. The molecule has 0 heterocycles. The van der Waals surface area contributed by atoms with Crippen LogP contribution in [0.25, 0.3) is 0 Å². The van der Waals surface area contributed by atoms with E-state index in [1.165, 1.54) is 29.5 Å². The van der Waals surface area contributed by atoms with Crippen LogP contribution in [0.3, 0.4) is 0 Å². The predicted octanol–water partition coefficient (Wildman–Crippen LogP) is 2.70. The van der Waals surface area contributed by atoms with Crippen molar-refractivity contribution in [3.8, 4) is 0 Å². The van der Waals surface area contributed by atoms with E-state index in [2.05, 4.69) is 37.4 Å². The van der Waals surface area contributed by atoms with Crippen LogP contribution in [-0.2, 0) is 6.54 Å². The zero-order valence-electron chi connectivity index (χ0n) is 10.9. The first-order chi connectivity index (χ1) is 8.15. The third-order valence-corrected chi connectivity index (χ3v) is 4.02. The minimum atomic E-state index is -0.0177. The summed E-state index contributed by atoms with van der Waals surface area (Å²) in [5.74, 6) is 0. The Balaban J connectivity index is 2.03. The molecule has 0 spiro atoms. The topological polar surface area (TPSA) is 32.3 Å². The Hall–Kier alpha value is -0.860. The molecule has 0 amide bonds. The first-order valence-electron chi connectivity index (χ1n) is 6.57. The molecule has 0 atom stereocenters. The van der Waals surface area contributed by atoms with Crippen molar-refractivity contribution in [2.45, 2.75) is 51.6 Å². The molecule has 1 aliphatic rings. The average molecular weight is 233 g/mol. The van der Waals surface area contributed by atoms with Gasteiger partial charge >= 0.3 is 0 Å². The lowest BCUT2D eigenvalue weighted by molar-refractivity contribution is 0.163. The highest BCUT2D eigenvalue weighted by Crippen LogP contribution is 2.29. The summed E-state index contributed by atoms with van der Waals surface area (Å²) < 4.78 is 0. The van der Waals surface area contributed by atoms with Crippen LogP contribution in [0, 0.1) is 13.8 Å². The molecule has 1 fully saturated rings. The standard InChI is InChI=1S/C15H23NO/c1-12-5-6-13(2)14(9-12)10-16-15(11-17)7-3-4-8-15/h5-6,9,16-17H,3-4,7-8,10-11H2,1-2H3. The van der Waals surface area contributed by atoms with Gasteiger partial charge in [0, 0.05) is 12.1 Å². The maximum Gasteiger partial charge on any atom is 0.0613 e. The molecule has 1 aromatic carbocycles. The summed E-state index contributed by atoms with van der Waals surface area (Å²) in [5, 5.41) is 13.1. The Bertz CT molecular complexity index is 381. The summed E-state index contributed by atoms with van der Waals surface area (Å²) >= 11 is 0. The van der Waals surface area contributed by atoms with Gasteiger partial charge in [-0.05, 0) is 37.8 Å². The van der Waals surface area contributed by atoms with E-state index in [1.807, 2.05) is 0 Å². The van der Waals surface area contributed by atoms with E-state index in [0.717, 1.165) is 19.4 Å². The number of hydrogen-bond donors (Lipinski definition) is 2. The fourth-order valence-corrected chi connectivity index (χ4v) is 2.72. The third kappa shape index (κ3) is 2.88. The fraction of sp³-hybridized carbons (Fsp3) is 0.600. The highest BCUT2D eigenvalue weighted by Gasteiger charge is 2.32. The maximum atomic E-state index is 9.56. The number of hydrogen-bond acceptors (Lipinski definition) is 2. The van der Waals surface area contributed by atoms with Gasteiger partial charge in [0.15, 0.2) is 0 Å². The Labute approximate surface area is 104 Å². The van der Waals surface area contributed by atoms with Crippen LogP contribution in [-0.4, -0.2) is 17.3 Å². The number of rotatable bonds is 4. The second-order valence-corrected chi connectivity index (χ2v) is 5.43. The molecule has 0 unspecified atom stereocenters. The van der Waals surface area contributed by atoms with Crippen LogP contribution in [0.15, 0.2) is 18.2 Å². The SMILES string of the molecule is Cc1ccc(C)c(CNC2(CO)CCCC2)c1. The normalized spacial score (nSPS) is 18.5. The van der Waals surface area contributed by atoms with Crippen molar-refractivity contribution < 1.29 is 5.11 Å². The first kappa shape index (κ1) is 12.6. The van der Waals surface area contributed by atoms with Gasteiger partial charge < -0.3 is 10.4 Å². The molecule has 0 aromatic heterocycles. The molecule has 2 heteroatoms. The molecule has 17 heavy (non-hydrogen) atoms. The molecular weight excluding hydrogens is 210 g/mol. The van der Waals surface area contributed by atoms with Crippen molar-refractivity contribution >= 4 is 0 Å². The Morgan fingerprint density at radius 1 is 1.24 bits per heavy atom. The van der Waals surface area contributed by atoms with Gasteiger partial charge in [0.1, 0.15) is 0 Å². The Kier molecular flexibility index (Phi) is 3.85. The van der Waals surface area contributed by atoms with Crippen molar-refractivity contribution in [2.75, 3.05) is 6.61 Å². The highest BCUT2D eigenvalue weighted by atomic mass is 16.3. The lowest BCUT2D eigenvalue weighted by Gasteiger charge is -2.28. The van der Waals surface area contributed by atoms with Gasteiger partial charge in [0.05, 0.1) is 6.61 Å². The van der Waals surface area contributed by atoms with Crippen LogP contribution in [0.2, 0.25) is 0 Å². The van der Waals surface area contributed by atoms with Gasteiger partial charge in [-0.2, -0.15) is 0 Å². The molecule has 2 N–H and O–H groups in total. The summed E-state index contributed by atoms with van der Waals surface area (Å²) in [5.41, 5.74) is 3.96. The molecule has 94 valence electrons. The van der Waals surface area contributed by atoms with Crippen molar-refractivity contribution in [3.63, 3.8) is 0 Å². The number of aliphatic hydroxyl groups excluding tert-OH is 1. The number of aryl methyl sites for hydroxylation is 2. The van der Waals surface area contributed by atoms with Gasteiger partial charge in [0.25, 0.3) is 0 Å². The smallest absolute Gasteiger partial charge is 0.0613 e. The zero-order valence-corrected chi connectivity index (χ0v) is 10.9. The molecule has 2 nitrogen and oxygen atoms in total. The number of aliphatic hydroxyl groups is 1. The van der Waals surface area contributed by atoms with Crippen LogP contribution >= 0.6 is 0 Å². The number of nitrogens with one attached hydrogen (secondary N) is 1. The van der Waals surface area contributed by atoms with Crippen molar-refractivity contribution in [2.24, 2.45) is 0 Å². The highest BCUT2D eigenvalue weighted by molar-refractivity contribution is 5.30. The van der Waals surface area contributed by atoms with E-state index in [1.54, 1.807) is 0 Å². The monoisotopic (exact) mass is 233 g/mol. The second-order valence-electron chi connectivity index (χ2n) is 5.43. The maximum absolute atomic E-state index is 9.56. The minimum Gasteiger partial charge on any atom is -0.394 e. The molecule has 0 radical (unpaired) electrons. The molecular formula is C15H23NO. The van der Waals surface area contributed by atoms with Gasteiger partial charge in [-0.3, -0.25) is 0 Å². The average Bonchev–Trinajstić information content (AvgIpc) is 2.80. The molecule has 1 aromatic rings. The summed E-state index contributed by atoms with van der Waals surface area (Å²) in [7, 11) is 0. The van der Waals surface area contributed by atoms with E-state index in [0.29, 0.717) is 0 Å². The van der Waals surface area contributed by atoms with Gasteiger partial charge in [0.2, 0.25) is 0 Å². The van der Waals surface area contributed by atoms with Crippen LogP contribution < -0.4 is 5.32 Å². The van der Waals surface area contributed by atoms with Gasteiger partial charge in [-0.1, -0.05) is 36.6 Å². The molecule has 0 saturated heterocycles. The van der Waals surface area contributed by atoms with Crippen molar-refractivity contribution in [1.82, 2.24) is 5.32 Å². The lowest BCUT2D eigenvalue weighted by Crippen LogP contribution is -2.45. The van der Waals surface area contributed by atoms with Gasteiger partial charge in [-0.15, -0.1) is 0 Å². The Morgan fingerprint density at radius 2 is 1.94 bits per heavy atom. The van der Waals surface area contributed by atoms with Crippen molar-refractivity contribution in [3.05, 3.63) is 34.9 Å². The van der Waals surface area contributed by atoms with Crippen LogP contribution in [0.5, 0.6) is 0 Å². The second kappa shape index (κ2) is 5.19. The molecule has 1 saturated carbocycles. The lowest BCUT2D eigenvalue weighted by atomic mass is 9.97. The zero-order chi connectivity index (χ0) is 12.3.